The largest absolute Gasteiger partial charge is 0.353 e. The average Bonchev–Trinajstić information content (AvgIpc) is 3.38. The zero-order chi connectivity index (χ0) is 16.1. The van der Waals surface area contributed by atoms with E-state index in [-0.39, 0.29) is 17.7 Å². The molecule has 2 fully saturated rings. The fraction of sp³-hybridized carbons (Fsp3) is 0.556. The quantitative estimate of drug-likeness (QED) is 0.832. The normalized spacial score (nSPS) is 21.7. The summed E-state index contributed by atoms with van der Waals surface area (Å²) in [5.74, 6) is 0.227. The molecule has 0 radical (unpaired) electrons. The van der Waals surface area contributed by atoms with Gasteiger partial charge in [0.2, 0.25) is 11.8 Å². The minimum atomic E-state index is 0.0251. The second kappa shape index (κ2) is 7.59. The summed E-state index contributed by atoms with van der Waals surface area (Å²) in [5.41, 5.74) is 1.10. The Balaban J connectivity index is 1.41. The van der Waals surface area contributed by atoms with Gasteiger partial charge in [0.15, 0.2) is 0 Å². The van der Waals surface area contributed by atoms with Crippen molar-refractivity contribution in [2.45, 2.75) is 38.3 Å². The maximum atomic E-state index is 12.2. The Morgan fingerprint density at radius 1 is 1.13 bits per heavy atom. The van der Waals surface area contributed by atoms with E-state index in [9.17, 15) is 9.59 Å². The van der Waals surface area contributed by atoms with Gasteiger partial charge < -0.3 is 10.6 Å². The van der Waals surface area contributed by atoms with Gasteiger partial charge in [-0.25, -0.2) is 0 Å². The molecule has 1 atom stereocenters. The number of hydrogen-bond donors (Lipinski definition) is 2. The Kier molecular flexibility index (Phi) is 5.28. The van der Waals surface area contributed by atoms with Crippen LogP contribution in [0.5, 0.6) is 0 Å². The molecule has 1 aliphatic heterocycles. The molecule has 0 aromatic heterocycles. The fourth-order valence-corrected chi connectivity index (χ4v) is 3.02. The highest BCUT2D eigenvalue weighted by Gasteiger charge is 2.30. The first-order chi connectivity index (χ1) is 11.2. The van der Waals surface area contributed by atoms with Crippen molar-refractivity contribution < 1.29 is 9.59 Å². The number of nitrogens with zero attached hydrogens (tertiary/aromatic N) is 1. The standard InChI is InChI=1S/C18H25N3O2/c22-17(19-11-14-5-2-1-3-6-14)13-21-10-4-7-15(12-21)18(23)20-16-8-9-16/h1-3,5-6,15-16H,4,7-13H2,(H,19,22)(H,20,23). The number of carbonyl (C=O) groups excluding carboxylic acids is 2. The molecule has 1 aromatic rings. The van der Waals surface area contributed by atoms with Gasteiger partial charge in [-0.15, -0.1) is 0 Å². The molecule has 0 spiro atoms. The van der Waals surface area contributed by atoms with E-state index in [2.05, 4.69) is 15.5 Å². The molecule has 1 aromatic carbocycles. The number of amides is 2. The molecule has 23 heavy (non-hydrogen) atoms. The first-order valence-corrected chi connectivity index (χ1v) is 8.54. The van der Waals surface area contributed by atoms with Crippen molar-refractivity contribution >= 4 is 11.8 Å². The fourth-order valence-electron chi connectivity index (χ4n) is 3.02. The molecule has 2 N–H and O–H groups in total. The number of hydrogen-bond acceptors (Lipinski definition) is 3. The Morgan fingerprint density at radius 3 is 2.65 bits per heavy atom. The third-order valence-corrected chi connectivity index (χ3v) is 4.50. The molecule has 2 amide bonds. The van der Waals surface area contributed by atoms with Gasteiger partial charge in [0.25, 0.3) is 0 Å². The SMILES string of the molecule is O=C(CN1CCCC(C(=O)NC2CC2)C1)NCc1ccccc1. The lowest BCUT2D eigenvalue weighted by atomic mass is 9.97. The highest BCUT2D eigenvalue weighted by atomic mass is 16.2. The van der Waals surface area contributed by atoms with E-state index in [0.717, 1.165) is 37.8 Å². The zero-order valence-corrected chi connectivity index (χ0v) is 13.5. The van der Waals surface area contributed by atoms with E-state index in [1.54, 1.807) is 0 Å². The van der Waals surface area contributed by atoms with Crippen molar-refractivity contribution in [3.63, 3.8) is 0 Å². The summed E-state index contributed by atoms with van der Waals surface area (Å²) in [5, 5.41) is 6.03. The highest BCUT2D eigenvalue weighted by Crippen LogP contribution is 2.22. The van der Waals surface area contributed by atoms with Crippen molar-refractivity contribution in [1.29, 1.82) is 0 Å². The van der Waals surface area contributed by atoms with E-state index >= 15 is 0 Å². The van der Waals surface area contributed by atoms with Gasteiger partial charge in [0, 0.05) is 19.1 Å². The topological polar surface area (TPSA) is 61.4 Å². The molecule has 1 heterocycles. The minimum Gasteiger partial charge on any atom is -0.353 e. The van der Waals surface area contributed by atoms with Gasteiger partial charge in [-0.1, -0.05) is 30.3 Å². The van der Waals surface area contributed by atoms with Crippen LogP contribution in [0.2, 0.25) is 0 Å². The van der Waals surface area contributed by atoms with Crippen LogP contribution in [0.3, 0.4) is 0 Å². The number of nitrogens with one attached hydrogen (secondary N) is 2. The molecule has 5 nitrogen and oxygen atoms in total. The second-order valence-electron chi connectivity index (χ2n) is 6.62. The molecule has 124 valence electrons. The van der Waals surface area contributed by atoms with E-state index in [4.69, 9.17) is 0 Å². The Morgan fingerprint density at radius 2 is 1.91 bits per heavy atom. The lowest BCUT2D eigenvalue weighted by molar-refractivity contribution is -0.129. The molecule has 5 heteroatoms. The van der Waals surface area contributed by atoms with Gasteiger partial charge in [-0.05, 0) is 37.8 Å². The highest BCUT2D eigenvalue weighted by molar-refractivity contribution is 5.80. The van der Waals surface area contributed by atoms with Crippen LogP contribution in [0.1, 0.15) is 31.2 Å². The summed E-state index contributed by atoms with van der Waals surface area (Å²) in [6, 6.07) is 10.3. The minimum absolute atomic E-state index is 0.0251. The predicted octanol–water partition coefficient (Wildman–Crippen LogP) is 1.29. The zero-order valence-electron chi connectivity index (χ0n) is 13.5. The lowest BCUT2D eigenvalue weighted by Gasteiger charge is -2.31. The van der Waals surface area contributed by atoms with Crippen molar-refractivity contribution in [3.8, 4) is 0 Å². The molecule has 1 saturated carbocycles. The molecule has 3 rings (SSSR count). The molecule has 1 aliphatic carbocycles. The van der Waals surface area contributed by atoms with Crippen molar-refractivity contribution in [2.75, 3.05) is 19.6 Å². The molecule has 2 aliphatic rings. The number of likely N-dealkylation sites (tertiary alicyclic amines) is 1. The molecular weight excluding hydrogens is 290 g/mol. The van der Waals surface area contributed by atoms with E-state index in [1.807, 2.05) is 30.3 Å². The summed E-state index contributed by atoms with van der Waals surface area (Å²) >= 11 is 0. The third kappa shape index (κ3) is 5.06. The predicted molar refractivity (Wildman–Crippen MR) is 88.6 cm³/mol. The third-order valence-electron chi connectivity index (χ3n) is 4.50. The molecule has 1 unspecified atom stereocenters. The van der Waals surface area contributed by atoms with Gasteiger partial charge in [-0.2, -0.15) is 0 Å². The van der Waals surface area contributed by atoms with Gasteiger partial charge >= 0.3 is 0 Å². The maximum Gasteiger partial charge on any atom is 0.234 e. The van der Waals surface area contributed by atoms with E-state index in [0.29, 0.717) is 25.7 Å². The lowest BCUT2D eigenvalue weighted by Crippen LogP contribution is -2.46. The summed E-state index contributed by atoms with van der Waals surface area (Å²) in [6.45, 7) is 2.52. The first kappa shape index (κ1) is 16.0. The molecular formula is C18H25N3O2. The van der Waals surface area contributed by atoms with E-state index < -0.39 is 0 Å². The van der Waals surface area contributed by atoms with Crippen LogP contribution in [0.4, 0.5) is 0 Å². The summed E-state index contributed by atoms with van der Waals surface area (Å²) in [7, 11) is 0. The smallest absolute Gasteiger partial charge is 0.234 e. The Hall–Kier alpha value is -1.88. The number of carbonyl (C=O) groups is 2. The van der Waals surface area contributed by atoms with Crippen LogP contribution in [-0.4, -0.2) is 42.4 Å². The van der Waals surface area contributed by atoms with Crippen molar-refractivity contribution in [2.24, 2.45) is 5.92 Å². The van der Waals surface area contributed by atoms with Gasteiger partial charge in [0.1, 0.15) is 0 Å². The first-order valence-electron chi connectivity index (χ1n) is 8.54. The van der Waals surface area contributed by atoms with Gasteiger partial charge in [-0.3, -0.25) is 14.5 Å². The molecule has 0 bridgehead atoms. The van der Waals surface area contributed by atoms with Crippen LogP contribution in [0.25, 0.3) is 0 Å². The summed E-state index contributed by atoms with van der Waals surface area (Å²) in [4.78, 5) is 26.3. The number of rotatable bonds is 6. The van der Waals surface area contributed by atoms with Crippen LogP contribution in [0, 0.1) is 5.92 Å². The van der Waals surface area contributed by atoms with Crippen LogP contribution < -0.4 is 10.6 Å². The summed E-state index contributed by atoms with van der Waals surface area (Å²) in [6.07, 6.45) is 4.14. The maximum absolute atomic E-state index is 12.2. The van der Waals surface area contributed by atoms with Gasteiger partial charge in [0.05, 0.1) is 12.5 Å². The Labute approximate surface area is 137 Å². The number of piperidine rings is 1. The molecule has 1 saturated heterocycles. The summed E-state index contributed by atoms with van der Waals surface area (Å²) < 4.78 is 0. The monoisotopic (exact) mass is 315 g/mol. The number of benzene rings is 1. The van der Waals surface area contributed by atoms with Crippen LogP contribution in [-0.2, 0) is 16.1 Å². The van der Waals surface area contributed by atoms with Crippen LogP contribution in [0.15, 0.2) is 30.3 Å². The van der Waals surface area contributed by atoms with Crippen LogP contribution >= 0.6 is 0 Å². The van der Waals surface area contributed by atoms with Crippen molar-refractivity contribution in [1.82, 2.24) is 15.5 Å². The van der Waals surface area contributed by atoms with E-state index in [1.165, 1.54) is 0 Å². The second-order valence-corrected chi connectivity index (χ2v) is 6.62. The Bertz CT molecular complexity index is 542. The average molecular weight is 315 g/mol. The van der Waals surface area contributed by atoms with Crippen molar-refractivity contribution in [3.05, 3.63) is 35.9 Å².